The highest BCUT2D eigenvalue weighted by Gasteiger charge is 2.09. The maximum Gasteiger partial charge on any atom is 0.324 e. The van der Waals surface area contributed by atoms with Crippen LogP contribution in [0.4, 0.5) is 5.00 Å². The number of amides is 1. The van der Waals surface area contributed by atoms with E-state index in [2.05, 4.69) is 20.9 Å². The first-order chi connectivity index (χ1) is 13.5. The molecule has 0 aliphatic carbocycles. The van der Waals surface area contributed by atoms with E-state index in [9.17, 15) is 14.9 Å². The van der Waals surface area contributed by atoms with E-state index < -0.39 is 10.8 Å². The van der Waals surface area contributed by atoms with Gasteiger partial charge in [0.1, 0.15) is 0 Å². The molecule has 0 aliphatic heterocycles. The van der Waals surface area contributed by atoms with Crippen molar-refractivity contribution in [3.8, 4) is 0 Å². The first-order valence-electron chi connectivity index (χ1n) is 8.35. The largest absolute Gasteiger partial charge is 0.380 e. The summed E-state index contributed by atoms with van der Waals surface area (Å²) in [5.41, 5.74) is 0.984. The monoisotopic (exact) mass is 481 g/mol. The van der Waals surface area contributed by atoms with Crippen molar-refractivity contribution in [2.24, 2.45) is 4.99 Å². The SMILES string of the molecule is CCOCCn1c(=NC(=O)/C=C\c2ccc([N+](=O)[O-])s2)sc2cc(Br)ccc21. The summed E-state index contributed by atoms with van der Waals surface area (Å²) in [4.78, 5) is 28.0. The maximum absolute atomic E-state index is 12.3. The van der Waals surface area contributed by atoms with Gasteiger partial charge in [0.2, 0.25) is 0 Å². The molecule has 0 atom stereocenters. The zero-order valence-electron chi connectivity index (χ0n) is 14.8. The van der Waals surface area contributed by atoms with Crippen molar-refractivity contribution in [3.05, 3.63) is 60.7 Å². The second kappa shape index (κ2) is 9.37. The average Bonchev–Trinajstić information content (AvgIpc) is 3.25. The summed E-state index contributed by atoms with van der Waals surface area (Å²) in [6.45, 7) is 3.66. The Morgan fingerprint density at radius 1 is 1.36 bits per heavy atom. The maximum atomic E-state index is 12.3. The Labute approximate surface area is 176 Å². The molecule has 0 unspecified atom stereocenters. The van der Waals surface area contributed by atoms with Gasteiger partial charge in [-0.25, -0.2) is 0 Å². The predicted octanol–water partition coefficient (Wildman–Crippen LogP) is 4.61. The third-order valence-corrected chi connectivity index (χ3v) is 6.23. The molecule has 1 amide bonds. The van der Waals surface area contributed by atoms with Crippen LogP contribution in [0.15, 0.2) is 45.9 Å². The molecular weight excluding hydrogens is 466 g/mol. The molecule has 0 bridgehead atoms. The number of ether oxygens (including phenoxy) is 1. The Hall–Kier alpha value is -2.14. The standard InChI is InChI=1S/C18H16BrN3O4S2/c1-2-26-10-9-21-14-6-3-12(19)11-15(14)28-18(21)20-16(23)7-4-13-5-8-17(27-13)22(24)25/h3-8,11H,2,9-10H2,1H3/b7-4-,20-18?. The molecule has 2 aromatic heterocycles. The van der Waals surface area contributed by atoms with E-state index in [1.165, 1.54) is 29.6 Å². The van der Waals surface area contributed by atoms with E-state index >= 15 is 0 Å². The van der Waals surface area contributed by atoms with Gasteiger partial charge in [0.15, 0.2) is 4.80 Å². The van der Waals surface area contributed by atoms with Gasteiger partial charge in [-0.1, -0.05) is 38.6 Å². The molecule has 2 heterocycles. The first kappa shape index (κ1) is 20.6. The van der Waals surface area contributed by atoms with E-state index in [1.807, 2.05) is 29.7 Å². The molecule has 0 radical (unpaired) electrons. The van der Waals surface area contributed by atoms with Gasteiger partial charge >= 0.3 is 5.00 Å². The lowest BCUT2D eigenvalue weighted by Crippen LogP contribution is -2.19. The van der Waals surface area contributed by atoms with Gasteiger partial charge in [0.25, 0.3) is 5.91 Å². The summed E-state index contributed by atoms with van der Waals surface area (Å²) in [7, 11) is 0. The third kappa shape index (κ3) is 5.02. The number of fused-ring (bicyclic) bond motifs is 1. The normalized spacial score (nSPS) is 12.3. The van der Waals surface area contributed by atoms with Crippen molar-refractivity contribution in [1.29, 1.82) is 0 Å². The van der Waals surface area contributed by atoms with Crippen molar-refractivity contribution in [2.75, 3.05) is 13.2 Å². The fourth-order valence-corrected chi connectivity index (χ4v) is 4.80. The number of carbonyl (C=O) groups is 1. The minimum Gasteiger partial charge on any atom is -0.380 e. The molecule has 0 N–H and O–H groups in total. The van der Waals surface area contributed by atoms with Crippen LogP contribution in [0.3, 0.4) is 0 Å². The number of thiazole rings is 1. The molecule has 0 spiro atoms. The van der Waals surface area contributed by atoms with Crippen molar-refractivity contribution < 1.29 is 14.5 Å². The highest BCUT2D eigenvalue weighted by molar-refractivity contribution is 9.10. The summed E-state index contributed by atoms with van der Waals surface area (Å²) in [6.07, 6.45) is 2.86. The fraction of sp³-hybridized carbons (Fsp3) is 0.222. The highest BCUT2D eigenvalue weighted by atomic mass is 79.9. The first-order valence-corrected chi connectivity index (χ1v) is 10.8. The number of nitrogens with zero attached hydrogens (tertiary/aromatic N) is 3. The Balaban J connectivity index is 1.90. The number of thiophene rings is 1. The average molecular weight is 482 g/mol. The van der Waals surface area contributed by atoms with Gasteiger partial charge in [-0.15, -0.1) is 0 Å². The molecule has 3 aromatic rings. The van der Waals surface area contributed by atoms with Gasteiger partial charge in [0.05, 0.1) is 21.7 Å². The van der Waals surface area contributed by atoms with Crippen LogP contribution >= 0.6 is 38.6 Å². The lowest BCUT2D eigenvalue weighted by Gasteiger charge is -2.05. The number of aromatic nitrogens is 1. The van der Waals surface area contributed by atoms with Gasteiger partial charge in [-0.05, 0) is 37.3 Å². The van der Waals surface area contributed by atoms with E-state index in [4.69, 9.17) is 4.74 Å². The quantitative estimate of drug-likeness (QED) is 0.213. The predicted molar refractivity (Wildman–Crippen MR) is 115 cm³/mol. The summed E-state index contributed by atoms with van der Waals surface area (Å²) in [5.74, 6) is -0.424. The minimum atomic E-state index is -0.454. The van der Waals surface area contributed by atoms with E-state index in [1.54, 1.807) is 6.07 Å². The molecular formula is C18H16BrN3O4S2. The van der Waals surface area contributed by atoms with Crippen molar-refractivity contribution in [1.82, 2.24) is 4.57 Å². The Morgan fingerprint density at radius 3 is 2.89 bits per heavy atom. The van der Waals surface area contributed by atoms with Gasteiger partial charge in [-0.2, -0.15) is 4.99 Å². The highest BCUT2D eigenvalue weighted by Crippen LogP contribution is 2.25. The number of rotatable bonds is 7. The van der Waals surface area contributed by atoms with Crippen LogP contribution < -0.4 is 4.80 Å². The van der Waals surface area contributed by atoms with Crippen LogP contribution in [-0.4, -0.2) is 28.6 Å². The van der Waals surface area contributed by atoms with Crippen LogP contribution in [0, 0.1) is 10.1 Å². The van der Waals surface area contributed by atoms with E-state index in [0.717, 1.165) is 26.0 Å². The van der Waals surface area contributed by atoms with Crippen molar-refractivity contribution >= 4 is 65.8 Å². The summed E-state index contributed by atoms with van der Waals surface area (Å²) in [5, 5.41) is 10.8. The third-order valence-electron chi connectivity index (χ3n) is 3.70. The Bertz CT molecular complexity index is 1110. The van der Waals surface area contributed by atoms with Crippen molar-refractivity contribution in [3.63, 3.8) is 0 Å². The number of nitro groups is 1. The topological polar surface area (TPSA) is 86.7 Å². The van der Waals surface area contributed by atoms with Gasteiger partial charge < -0.3 is 9.30 Å². The minimum absolute atomic E-state index is 0.0351. The van der Waals surface area contributed by atoms with Gasteiger partial charge in [0, 0.05) is 34.6 Å². The van der Waals surface area contributed by atoms with Crippen LogP contribution in [0.1, 0.15) is 11.8 Å². The van der Waals surface area contributed by atoms with Crippen LogP contribution in [-0.2, 0) is 16.1 Å². The van der Waals surface area contributed by atoms with Gasteiger partial charge in [-0.3, -0.25) is 14.9 Å². The number of hydrogen-bond acceptors (Lipinski definition) is 6. The fourth-order valence-electron chi connectivity index (χ4n) is 2.46. The number of hydrogen-bond donors (Lipinski definition) is 0. The molecule has 146 valence electrons. The van der Waals surface area contributed by atoms with Crippen LogP contribution in [0.2, 0.25) is 0 Å². The number of benzene rings is 1. The molecule has 3 rings (SSSR count). The molecule has 0 aliphatic rings. The molecule has 28 heavy (non-hydrogen) atoms. The Kier molecular flexibility index (Phi) is 6.89. The molecule has 1 aromatic carbocycles. The molecule has 0 saturated carbocycles. The molecule has 0 saturated heterocycles. The van der Waals surface area contributed by atoms with E-state index in [-0.39, 0.29) is 5.00 Å². The van der Waals surface area contributed by atoms with Crippen LogP contribution in [0.5, 0.6) is 0 Å². The number of halogens is 1. The number of carbonyl (C=O) groups excluding carboxylic acids is 1. The lowest BCUT2D eigenvalue weighted by molar-refractivity contribution is -0.380. The smallest absolute Gasteiger partial charge is 0.324 e. The summed E-state index contributed by atoms with van der Waals surface area (Å²) >= 11 is 5.89. The second-order valence-corrected chi connectivity index (χ2v) is 8.58. The van der Waals surface area contributed by atoms with Crippen LogP contribution in [0.25, 0.3) is 16.3 Å². The zero-order valence-corrected chi connectivity index (χ0v) is 18.1. The summed E-state index contributed by atoms with van der Waals surface area (Å²) in [6, 6.07) is 8.93. The van der Waals surface area contributed by atoms with E-state index in [0.29, 0.717) is 29.4 Å². The van der Waals surface area contributed by atoms with Crippen molar-refractivity contribution in [2.45, 2.75) is 13.5 Å². The second-order valence-electron chi connectivity index (χ2n) is 5.56. The Morgan fingerprint density at radius 2 is 2.18 bits per heavy atom. The molecule has 0 fully saturated rings. The molecule has 7 nitrogen and oxygen atoms in total. The zero-order chi connectivity index (χ0) is 20.1. The lowest BCUT2D eigenvalue weighted by atomic mass is 10.3. The molecule has 10 heteroatoms. The summed E-state index contributed by atoms with van der Waals surface area (Å²) < 4.78 is 9.37.